The molecule has 118 valence electrons. The van der Waals surface area contributed by atoms with Gasteiger partial charge in [-0.25, -0.2) is 4.79 Å². The minimum Gasteiger partial charge on any atom is -0.496 e. The molecule has 1 aromatic carbocycles. The standard InChI is InChI=1S/C16H26N2O3/c1-4-16(2,10-12-19)18-15(20)17-11-9-13-7-5-6-8-14(13)21-3/h5-8,19H,4,9-12H2,1-3H3,(H2,17,18,20). The molecule has 0 saturated heterocycles. The highest BCUT2D eigenvalue weighted by Gasteiger charge is 2.23. The molecule has 5 nitrogen and oxygen atoms in total. The molecule has 0 fully saturated rings. The Bertz CT molecular complexity index is 451. The molecule has 0 aliphatic heterocycles. The summed E-state index contributed by atoms with van der Waals surface area (Å²) in [5, 5.41) is 14.8. The van der Waals surface area contributed by atoms with Gasteiger partial charge in [-0.05, 0) is 37.8 Å². The molecule has 3 N–H and O–H groups in total. The summed E-state index contributed by atoms with van der Waals surface area (Å²) in [4.78, 5) is 11.9. The number of ether oxygens (including phenoxy) is 1. The van der Waals surface area contributed by atoms with E-state index in [-0.39, 0.29) is 18.2 Å². The zero-order valence-corrected chi connectivity index (χ0v) is 13.1. The molecule has 0 spiro atoms. The molecule has 0 aromatic heterocycles. The summed E-state index contributed by atoms with van der Waals surface area (Å²) >= 11 is 0. The Labute approximate surface area is 126 Å². The number of benzene rings is 1. The van der Waals surface area contributed by atoms with Crippen LogP contribution < -0.4 is 15.4 Å². The normalized spacial score (nSPS) is 13.3. The highest BCUT2D eigenvalue weighted by atomic mass is 16.5. The van der Waals surface area contributed by atoms with Crippen LogP contribution in [-0.2, 0) is 6.42 Å². The fourth-order valence-corrected chi connectivity index (χ4v) is 2.11. The SMILES string of the molecule is CCC(C)(CCO)NC(=O)NCCc1ccccc1OC. The van der Waals surface area contributed by atoms with E-state index in [2.05, 4.69) is 10.6 Å². The van der Waals surface area contributed by atoms with E-state index in [0.717, 1.165) is 17.7 Å². The lowest BCUT2D eigenvalue weighted by Gasteiger charge is -2.29. The fourth-order valence-electron chi connectivity index (χ4n) is 2.11. The molecular weight excluding hydrogens is 268 g/mol. The quantitative estimate of drug-likeness (QED) is 0.687. The summed E-state index contributed by atoms with van der Waals surface area (Å²) in [7, 11) is 1.64. The Morgan fingerprint density at radius 1 is 1.38 bits per heavy atom. The first-order valence-corrected chi connectivity index (χ1v) is 7.33. The Kier molecular flexibility index (Phi) is 7.02. The number of rotatable bonds is 8. The summed E-state index contributed by atoms with van der Waals surface area (Å²) in [6, 6.07) is 7.56. The summed E-state index contributed by atoms with van der Waals surface area (Å²) < 4.78 is 5.28. The molecule has 0 saturated carbocycles. The number of hydrogen-bond donors (Lipinski definition) is 3. The molecule has 5 heteroatoms. The van der Waals surface area contributed by atoms with Crippen molar-refractivity contribution in [2.24, 2.45) is 0 Å². The lowest BCUT2D eigenvalue weighted by Crippen LogP contribution is -2.50. The van der Waals surface area contributed by atoms with Gasteiger partial charge >= 0.3 is 6.03 Å². The number of aliphatic hydroxyl groups is 1. The van der Waals surface area contributed by atoms with Crippen LogP contribution in [-0.4, -0.2) is 36.9 Å². The zero-order valence-electron chi connectivity index (χ0n) is 13.1. The summed E-state index contributed by atoms with van der Waals surface area (Å²) in [6.45, 7) is 4.52. The maximum atomic E-state index is 11.9. The van der Waals surface area contributed by atoms with E-state index in [0.29, 0.717) is 19.4 Å². The van der Waals surface area contributed by atoms with Crippen LogP contribution in [0, 0.1) is 0 Å². The van der Waals surface area contributed by atoms with Crippen LogP contribution in [0.5, 0.6) is 5.75 Å². The topological polar surface area (TPSA) is 70.6 Å². The third kappa shape index (κ3) is 5.63. The highest BCUT2D eigenvalue weighted by molar-refractivity contribution is 5.74. The van der Waals surface area contributed by atoms with Crippen molar-refractivity contribution < 1.29 is 14.6 Å². The number of urea groups is 1. The van der Waals surface area contributed by atoms with E-state index in [1.165, 1.54) is 0 Å². The van der Waals surface area contributed by atoms with Crippen LogP contribution in [0.25, 0.3) is 0 Å². The van der Waals surface area contributed by atoms with Crippen molar-refractivity contribution in [3.63, 3.8) is 0 Å². The van der Waals surface area contributed by atoms with E-state index < -0.39 is 0 Å². The molecule has 0 radical (unpaired) electrons. The van der Waals surface area contributed by atoms with Crippen LogP contribution >= 0.6 is 0 Å². The Morgan fingerprint density at radius 2 is 2.10 bits per heavy atom. The average molecular weight is 294 g/mol. The minimum absolute atomic E-state index is 0.0613. The van der Waals surface area contributed by atoms with E-state index in [9.17, 15) is 4.79 Å². The zero-order chi connectivity index (χ0) is 15.7. The Morgan fingerprint density at radius 3 is 2.71 bits per heavy atom. The van der Waals surface area contributed by atoms with Gasteiger partial charge in [0.25, 0.3) is 0 Å². The predicted octanol–water partition coefficient (Wildman–Crippen LogP) is 2.09. The molecule has 1 unspecified atom stereocenters. The maximum Gasteiger partial charge on any atom is 0.315 e. The van der Waals surface area contributed by atoms with Gasteiger partial charge in [-0.1, -0.05) is 25.1 Å². The van der Waals surface area contributed by atoms with Crippen molar-refractivity contribution in [2.45, 2.75) is 38.6 Å². The van der Waals surface area contributed by atoms with E-state index in [1.54, 1.807) is 7.11 Å². The van der Waals surface area contributed by atoms with Crippen LogP contribution in [0.15, 0.2) is 24.3 Å². The average Bonchev–Trinajstić information content (AvgIpc) is 2.48. The van der Waals surface area contributed by atoms with Crippen LogP contribution in [0.3, 0.4) is 0 Å². The summed E-state index contributed by atoms with van der Waals surface area (Å²) in [6.07, 6.45) is 2.02. The largest absolute Gasteiger partial charge is 0.496 e. The number of methoxy groups -OCH3 is 1. The lowest BCUT2D eigenvalue weighted by atomic mass is 9.95. The van der Waals surface area contributed by atoms with Crippen molar-refractivity contribution >= 4 is 6.03 Å². The molecule has 21 heavy (non-hydrogen) atoms. The summed E-state index contributed by atoms with van der Waals surface area (Å²) in [5.41, 5.74) is 0.692. The number of carbonyl (C=O) groups is 1. The van der Waals surface area contributed by atoms with Gasteiger partial charge in [0, 0.05) is 18.7 Å². The molecule has 2 amide bonds. The van der Waals surface area contributed by atoms with Gasteiger partial charge in [0.05, 0.1) is 7.11 Å². The second kappa shape index (κ2) is 8.52. The van der Waals surface area contributed by atoms with Gasteiger partial charge in [-0.2, -0.15) is 0 Å². The van der Waals surface area contributed by atoms with Crippen molar-refractivity contribution in [1.82, 2.24) is 10.6 Å². The second-order valence-electron chi connectivity index (χ2n) is 5.33. The van der Waals surface area contributed by atoms with Crippen molar-refractivity contribution in [3.8, 4) is 5.75 Å². The van der Waals surface area contributed by atoms with Crippen LogP contribution in [0.1, 0.15) is 32.3 Å². The van der Waals surface area contributed by atoms with Crippen molar-refractivity contribution in [2.75, 3.05) is 20.3 Å². The van der Waals surface area contributed by atoms with E-state index in [4.69, 9.17) is 9.84 Å². The summed E-state index contributed by atoms with van der Waals surface area (Å²) in [5.74, 6) is 0.832. The molecule has 0 bridgehead atoms. The first-order valence-electron chi connectivity index (χ1n) is 7.33. The number of para-hydroxylation sites is 1. The smallest absolute Gasteiger partial charge is 0.315 e. The maximum absolute atomic E-state index is 11.9. The third-order valence-electron chi connectivity index (χ3n) is 3.73. The molecular formula is C16H26N2O3. The second-order valence-corrected chi connectivity index (χ2v) is 5.33. The van der Waals surface area contributed by atoms with Crippen LogP contribution in [0.2, 0.25) is 0 Å². The fraction of sp³-hybridized carbons (Fsp3) is 0.562. The van der Waals surface area contributed by atoms with Gasteiger partial charge < -0.3 is 20.5 Å². The minimum atomic E-state index is -0.372. The first-order chi connectivity index (χ1) is 10.0. The van der Waals surface area contributed by atoms with Gasteiger partial charge in [0.1, 0.15) is 5.75 Å². The van der Waals surface area contributed by atoms with Gasteiger partial charge in [0.2, 0.25) is 0 Å². The lowest BCUT2D eigenvalue weighted by molar-refractivity contribution is 0.201. The van der Waals surface area contributed by atoms with Gasteiger partial charge in [0.15, 0.2) is 0 Å². The molecule has 0 aliphatic rings. The molecule has 1 atom stereocenters. The van der Waals surface area contributed by atoms with Gasteiger partial charge in [-0.3, -0.25) is 0 Å². The van der Waals surface area contributed by atoms with Gasteiger partial charge in [-0.15, -0.1) is 0 Å². The van der Waals surface area contributed by atoms with E-state index >= 15 is 0 Å². The number of amides is 2. The van der Waals surface area contributed by atoms with Crippen LogP contribution in [0.4, 0.5) is 4.79 Å². The molecule has 1 aromatic rings. The number of hydrogen-bond acceptors (Lipinski definition) is 3. The van der Waals surface area contributed by atoms with E-state index in [1.807, 2.05) is 38.1 Å². The molecule has 0 aliphatic carbocycles. The Balaban J connectivity index is 2.43. The highest BCUT2D eigenvalue weighted by Crippen LogP contribution is 2.17. The predicted molar refractivity (Wildman–Crippen MR) is 83.6 cm³/mol. The molecule has 1 rings (SSSR count). The Hall–Kier alpha value is -1.75. The van der Waals surface area contributed by atoms with Crippen molar-refractivity contribution in [3.05, 3.63) is 29.8 Å². The number of carbonyl (C=O) groups excluding carboxylic acids is 1. The monoisotopic (exact) mass is 294 g/mol. The first kappa shape index (κ1) is 17.3. The number of aliphatic hydroxyl groups excluding tert-OH is 1. The molecule has 0 heterocycles. The number of nitrogens with one attached hydrogen (secondary N) is 2. The third-order valence-corrected chi connectivity index (χ3v) is 3.73. The van der Waals surface area contributed by atoms with Crippen molar-refractivity contribution in [1.29, 1.82) is 0 Å².